The van der Waals surface area contributed by atoms with E-state index in [9.17, 15) is 14.4 Å². The van der Waals surface area contributed by atoms with Gasteiger partial charge in [-0.1, -0.05) is 240 Å². The van der Waals surface area contributed by atoms with Crippen LogP contribution in [0.3, 0.4) is 0 Å². The van der Waals surface area contributed by atoms with Gasteiger partial charge in [-0.3, -0.25) is 14.4 Å². The van der Waals surface area contributed by atoms with Crippen molar-refractivity contribution < 1.29 is 28.6 Å². The van der Waals surface area contributed by atoms with Crippen molar-refractivity contribution in [1.29, 1.82) is 0 Å². The Morgan fingerprint density at radius 1 is 0.357 bits per heavy atom. The Bertz CT molecular complexity index is 843. The van der Waals surface area contributed by atoms with E-state index in [0.717, 1.165) is 63.7 Å². The third-order valence-corrected chi connectivity index (χ3v) is 11.7. The van der Waals surface area contributed by atoms with E-state index >= 15 is 0 Å². The maximum absolute atomic E-state index is 12.7. The number of hydrogen-bond donors (Lipinski definition) is 0. The molecule has 0 N–H and O–H groups in total. The molecule has 6 nitrogen and oxygen atoms in total. The monoisotopic (exact) mass is 793 g/mol. The van der Waals surface area contributed by atoms with Crippen molar-refractivity contribution in [2.24, 2.45) is 5.92 Å². The molecule has 0 aromatic heterocycles. The van der Waals surface area contributed by atoms with Gasteiger partial charge in [-0.05, 0) is 25.2 Å². The molecule has 1 unspecified atom stereocenters. The molecule has 0 heterocycles. The van der Waals surface area contributed by atoms with Gasteiger partial charge in [0.05, 0.1) is 0 Å². The standard InChI is InChI=1S/C50H96O6/c1-5-8-10-12-14-16-18-19-20-21-27-31-35-39-43-50(53)56-47(44-54-48(51)41-37-33-29-25-17-15-13-11-9-6-2)45-55-49(52)42-38-34-30-26-23-22-24-28-32-36-40-46(4)7-3/h46-47H,5-45H2,1-4H3/t46?,47-/m1/s1. The summed E-state index contributed by atoms with van der Waals surface area (Å²) >= 11 is 0. The van der Waals surface area contributed by atoms with Gasteiger partial charge in [0.2, 0.25) is 0 Å². The van der Waals surface area contributed by atoms with Gasteiger partial charge in [-0.2, -0.15) is 0 Å². The van der Waals surface area contributed by atoms with Gasteiger partial charge < -0.3 is 14.2 Å². The molecular formula is C50H96O6. The lowest BCUT2D eigenvalue weighted by atomic mass is 9.99. The van der Waals surface area contributed by atoms with Gasteiger partial charge in [-0.25, -0.2) is 0 Å². The molecule has 0 aliphatic carbocycles. The molecular weight excluding hydrogens is 697 g/mol. The first-order valence-corrected chi connectivity index (χ1v) is 24.9. The lowest BCUT2D eigenvalue weighted by molar-refractivity contribution is -0.167. The Kier molecular flexibility index (Phi) is 43.2. The van der Waals surface area contributed by atoms with E-state index in [4.69, 9.17) is 14.2 Å². The summed E-state index contributed by atoms with van der Waals surface area (Å²) < 4.78 is 16.8. The fourth-order valence-electron chi connectivity index (χ4n) is 7.48. The summed E-state index contributed by atoms with van der Waals surface area (Å²) in [5, 5.41) is 0. The predicted molar refractivity (Wildman–Crippen MR) is 238 cm³/mol. The second-order valence-corrected chi connectivity index (χ2v) is 17.3. The van der Waals surface area contributed by atoms with Gasteiger partial charge in [0.25, 0.3) is 0 Å². The molecule has 0 radical (unpaired) electrons. The van der Waals surface area contributed by atoms with E-state index in [2.05, 4.69) is 27.7 Å². The lowest BCUT2D eigenvalue weighted by Crippen LogP contribution is -2.30. The highest BCUT2D eigenvalue weighted by Gasteiger charge is 2.19. The highest BCUT2D eigenvalue weighted by atomic mass is 16.6. The van der Waals surface area contributed by atoms with E-state index in [1.807, 2.05) is 0 Å². The summed E-state index contributed by atoms with van der Waals surface area (Å²) in [6, 6.07) is 0. The quantitative estimate of drug-likeness (QED) is 0.0347. The number of carbonyl (C=O) groups is 3. The van der Waals surface area contributed by atoms with Gasteiger partial charge in [-0.15, -0.1) is 0 Å². The minimum atomic E-state index is -0.759. The van der Waals surface area contributed by atoms with E-state index < -0.39 is 6.10 Å². The third-order valence-electron chi connectivity index (χ3n) is 11.7. The molecule has 0 bridgehead atoms. The van der Waals surface area contributed by atoms with Crippen LogP contribution in [-0.2, 0) is 28.6 Å². The molecule has 0 rings (SSSR count). The van der Waals surface area contributed by atoms with Crippen molar-refractivity contribution >= 4 is 17.9 Å². The zero-order valence-corrected chi connectivity index (χ0v) is 38.1. The summed E-state index contributed by atoms with van der Waals surface area (Å²) in [6.45, 7) is 9.03. The number of hydrogen-bond acceptors (Lipinski definition) is 6. The normalized spacial score (nSPS) is 12.4. The predicted octanol–water partition coefficient (Wildman–Crippen LogP) is 15.9. The molecule has 0 saturated heterocycles. The van der Waals surface area contributed by atoms with Crippen molar-refractivity contribution in [3.63, 3.8) is 0 Å². The Morgan fingerprint density at radius 3 is 0.929 bits per heavy atom. The van der Waals surface area contributed by atoms with Crippen molar-refractivity contribution in [2.45, 2.75) is 284 Å². The molecule has 6 heteroatoms. The minimum Gasteiger partial charge on any atom is -0.462 e. The van der Waals surface area contributed by atoms with Crippen molar-refractivity contribution in [2.75, 3.05) is 13.2 Å². The Morgan fingerprint density at radius 2 is 0.625 bits per heavy atom. The lowest BCUT2D eigenvalue weighted by Gasteiger charge is -2.18. The molecule has 0 spiro atoms. The molecule has 0 aromatic rings. The molecule has 0 aliphatic rings. The zero-order valence-electron chi connectivity index (χ0n) is 38.1. The maximum atomic E-state index is 12.7. The molecule has 0 aliphatic heterocycles. The number of ether oxygens (including phenoxy) is 3. The number of unbranched alkanes of at least 4 members (excludes halogenated alkanes) is 31. The second-order valence-electron chi connectivity index (χ2n) is 17.3. The van der Waals surface area contributed by atoms with Crippen LogP contribution in [0, 0.1) is 5.92 Å². The molecule has 0 fully saturated rings. The smallest absolute Gasteiger partial charge is 0.306 e. The summed E-state index contributed by atoms with van der Waals surface area (Å²) in [6.07, 6.45) is 45.0. The summed E-state index contributed by atoms with van der Waals surface area (Å²) in [7, 11) is 0. The maximum Gasteiger partial charge on any atom is 0.306 e. The van der Waals surface area contributed by atoms with Crippen LogP contribution in [0.2, 0.25) is 0 Å². The van der Waals surface area contributed by atoms with E-state index in [1.54, 1.807) is 0 Å². The molecule has 0 saturated carbocycles. The van der Waals surface area contributed by atoms with Crippen LogP contribution in [0.1, 0.15) is 278 Å². The van der Waals surface area contributed by atoms with Crippen LogP contribution >= 0.6 is 0 Å². The van der Waals surface area contributed by atoms with Crippen molar-refractivity contribution in [3.8, 4) is 0 Å². The van der Waals surface area contributed by atoms with Gasteiger partial charge in [0.15, 0.2) is 6.10 Å². The topological polar surface area (TPSA) is 78.9 Å². The highest BCUT2D eigenvalue weighted by Crippen LogP contribution is 2.17. The van der Waals surface area contributed by atoms with Crippen molar-refractivity contribution in [3.05, 3.63) is 0 Å². The van der Waals surface area contributed by atoms with Gasteiger partial charge >= 0.3 is 17.9 Å². The first-order chi connectivity index (χ1) is 27.4. The summed E-state index contributed by atoms with van der Waals surface area (Å²) in [4.78, 5) is 37.8. The van der Waals surface area contributed by atoms with Gasteiger partial charge in [0, 0.05) is 19.3 Å². The number of carbonyl (C=O) groups excluding carboxylic acids is 3. The van der Waals surface area contributed by atoms with E-state index in [0.29, 0.717) is 19.3 Å². The Balaban J connectivity index is 4.31. The van der Waals surface area contributed by atoms with Crippen LogP contribution in [-0.4, -0.2) is 37.2 Å². The largest absolute Gasteiger partial charge is 0.462 e. The number of rotatable bonds is 45. The van der Waals surface area contributed by atoms with Crippen LogP contribution in [0.5, 0.6) is 0 Å². The first-order valence-electron chi connectivity index (χ1n) is 24.9. The van der Waals surface area contributed by atoms with Crippen LogP contribution in [0.4, 0.5) is 0 Å². The van der Waals surface area contributed by atoms with Crippen LogP contribution < -0.4 is 0 Å². The molecule has 0 aromatic carbocycles. The SMILES string of the molecule is CCCCCCCCCCCCCCCCC(=O)O[C@H](COC(=O)CCCCCCCCCCCC)COC(=O)CCCCCCCCCCCCC(C)CC. The highest BCUT2D eigenvalue weighted by molar-refractivity contribution is 5.71. The molecule has 0 amide bonds. The van der Waals surface area contributed by atoms with Crippen LogP contribution in [0.15, 0.2) is 0 Å². The fraction of sp³-hybridized carbons (Fsp3) is 0.940. The van der Waals surface area contributed by atoms with E-state index in [-0.39, 0.29) is 31.1 Å². The number of esters is 3. The third kappa shape index (κ3) is 42.0. The molecule has 56 heavy (non-hydrogen) atoms. The summed E-state index contributed by atoms with van der Waals surface area (Å²) in [5.74, 6) is 0.0212. The minimum absolute atomic E-state index is 0.0633. The Hall–Kier alpha value is -1.59. The molecule has 2 atom stereocenters. The first kappa shape index (κ1) is 54.4. The average Bonchev–Trinajstić information content (AvgIpc) is 3.19. The Labute approximate surface area is 348 Å². The van der Waals surface area contributed by atoms with E-state index in [1.165, 1.54) is 173 Å². The molecule has 332 valence electrons. The summed E-state index contributed by atoms with van der Waals surface area (Å²) in [5.41, 5.74) is 0. The van der Waals surface area contributed by atoms with Gasteiger partial charge in [0.1, 0.15) is 13.2 Å². The van der Waals surface area contributed by atoms with Crippen molar-refractivity contribution in [1.82, 2.24) is 0 Å². The fourth-order valence-corrected chi connectivity index (χ4v) is 7.48. The zero-order chi connectivity index (χ0) is 41.0. The second kappa shape index (κ2) is 44.5. The van der Waals surface area contributed by atoms with Crippen LogP contribution in [0.25, 0.3) is 0 Å². The average molecular weight is 793 g/mol.